The van der Waals surface area contributed by atoms with Gasteiger partial charge in [0.1, 0.15) is 5.82 Å². The van der Waals surface area contributed by atoms with Gasteiger partial charge in [0.15, 0.2) is 11.6 Å². The summed E-state index contributed by atoms with van der Waals surface area (Å²) in [4.78, 5) is 7.31. The van der Waals surface area contributed by atoms with E-state index in [0.717, 1.165) is 0 Å². The molecule has 0 spiro atoms. The van der Waals surface area contributed by atoms with Crippen molar-refractivity contribution in [2.24, 2.45) is 0 Å². The number of H-pyrrole nitrogens is 1. The van der Waals surface area contributed by atoms with Crippen LogP contribution in [0.1, 0.15) is 0 Å². The maximum atomic E-state index is 13.3. The number of nitrogens with zero attached hydrogens (tertiary/aromatic N) is 1. The second-order valence-electron chi connectivity index (χ2n) is 3.35. The van der Waals surface area contributed by atoms with E-state index in [-0.39, 0.29) is 5.82 Å². The number of imidazole rings is 1. The van der Waals surface area contributed by atoms with Crippen LogP contribution in [0.4, 0.5) is 4.39 Å². The lowest BCUT2D eigenvalue weighted by Crippen LogP contribution is -1.77. The standard InChI is InChI=1S/C11H6BrFN2O/c12-6-4-8-9(5-7(6)13)15-11(14-8)10-2-1-3-16-10/h1-5H,(H,14,15). The van der Waals surface area contributed by atoms with Crippen molar-refractivity contribution in [3.05, 3.63) is 40.8 Å². The van der Waals surface area contributed by atoms with Crippen molar-refractivity contribution in [3.63, 3.8) is 0 Å². The predicted molar refractivity (Wildman–Crippen MR) is 61.5 cm³/mol. The molecule has 0 aliphatic carbocycles. The van der Waals surface area contributed by atoms with Gasteiger partial charge >= 0.3 is 0 Å². The van der Waals surface area contributed by atoms with E-state index in [4.69, 9.17) is 4.42 Å². The zero-order chi connectivity index (χ0) is 11.1. The van der Waals surface area contributed by atoms with Crippen LogP contribution in [0, 0.1) is 5.82 Å². The molecule has 3 nitrogen and oxygen atoms in total. The van der Waals surface area contributed by atoms with E-state index in [1.54, 1.807) is 24.5 Å². The van der Waals surface area contributed by atoms with E-state index in [9.17, 15) is 4.39 Å². The van der Waals surface area contributed by atoms with Crippen LogP contribution in [0.15, 0.2) is 39.4 Å². The molecule has 5 heteroatoms. The van der Waals surface area contributed by atoms with Gasteiger partial charge in [0, 0.05) is 6.07 Å². The van der Waals surface area contributed by atoms with Crippen molar-refractivity contribution in [2.75, 3.05) is 0 Å². The van der Waals surface area contributed by atoms with Gasteiger partial charge in [0.25, 0.3) is 0 Å². The van der Waals surface area contributed by atoms with Gasteiger partial charge in [-0.2, -0.15) is 0 Å². The minimum Gasteiger partial charge on any atom is -0.461 e. The second kappa shape index (κ2) is 3.45. The molecule has 1 aromatic carbocycles. The van der Waals surface area contributed by atoms with Gasteiger partial charge in [-0.3, -0.25) is 0 Å². The molecular weight excluding hydrogens is 275 g/mol. The number of furan rings is 1. The van der Waals surface area contributed by atoms with Crippen LogP contribution < -0.4 is 0 Å². The number of benzene rings is 1. The molecule has 2 aromatic heterocycles. The smallest absolute Gasteiger partial charge is 0.174 e. The molecule has 0 aliphatic rings. The molecule has 1 N–H and O–H groups in total. The van der Waals surface area contributed by atoms with Crippen molar-refractivity contribution in [2.45, 2.75) is 0 Å². The molecule has 0 amide bonds. The van der Waals surface area contributed by atoms with Gasteiger partial charge in [-0.15, -0.1) is 0 Å². The maximum Gasteiger partial charge on any atom is 0.174 e. The molecule has 0 aliphatic heterocycles. The molecule has 0 atom stereocenters. The molecule has 0 unspecified atom stereocenters. The average molecular weight is 281 g/mol. The van der Waals surface area contributed by atoms with E-state index in [2.05, 4.69) is 25.9 Å². The summed E-state index contributed by atoms with van der Waals surface area (Å²) in [5, 5.41) is 0. The van der Waals surface area contributed by atoms with Crippen LogP contribution in [-0.2, 0) is 0 Å². The Morgan fingerprint density at radius 1 is 1.38 bits per heavy atom. The van der Waals surface area contributed by atoms with Crippen LogP contribution in [0.25, 0.3) is 22.6 Å². The molecular formula is C11H6BrFN2O. The Bertz CT molecular complexity index is 606. The molecule has 16 heavy (non-hydrogen) atoms. The maximum absolute atomic E-state index is 13.3. The van der Waals surface area contributed by atoms with E-state index in [1.165, 1.54) is 6.07 Å². The third kappa shape index (κ3) is 1.44. The zero-order valence-electron chi connectivity index (χ0n) is 8.00. The topological polar surface area (TPSA) is 41.8 Å². The molecule has 0 radical (unpaired) electrons. The lowest BCUT2D eigenvalue weighted by atomic mass is 10.3. The van der Waals surface area contributed by atoms with Gasteiger partial charge in [0.05, 0.1) is 21.8 Å². The lowest BCUT2D eigenvalue weighted by Gasteiger charge is -1.92. The molecule has 0 saturated carbocycles. The largest absolute Gasteiger partial charge is 0.461 e. The summed E-state index contributed by atoms with van der Waals surface area (Å²) in [5.41, 5.74) is 1.34. The van der Waals surface area contributed by atoms with Gasteiger partial charge < -0.3 is 9.40 Å². The Morgan fingerprint density at radius 2 is 2.25 bits per heavy atom. The van der Waals surface area contributed by atoms with Gasteiger partial charge in [-0.1, -0.05) is 0 Å². The first kappa shape index (κ1) is 9.59. The number of hydrogen-bond acceptors (Lipinski definition) is 2. The summed E-state index contributed by atoms with van der Waals surface area (Å²) in [6.45, 7) is 0. The van der Waals surface area contributed by atoms with Crippen LogP contribution in [0.3, 0.4) is 0 Å². The zero-order valence-corrected chi connectivity index (χ0v) is 9.58. The molecule has 3 rings (SSSR count). The molecule has 0 saturated heterocycles. The summed E-state index contributed by atoms with van der Waals surface area (Å²) in [6, 6.07) is 6.61. The van der Waals surface area contributed by atoms with E-state index in [1.807, 2.05) is 0 Å². The second-order valence-corrected chi connectivity index (χ2v) is 4.20. The SMILES string of the molecule is Fc1cc2[nH]c(-c3ccco3)nc2cc1Br. The van der Waals surface area contributed by atoms with Crippen molar-refractivity contribution < 1.29 is 8.81 Å². The number of aromatic amines is 1. The summed E-state index contributed by atoms with van der Waals surface area (Å²) in [5.74, 6) is 0.910. The van der Waals surface area contributed by atoms with Gasteiger partial charge in [-0.05, 0) is 34.1 Å². The molecule has 3 aromatic rings. The quantitative estimate of drug-likeness (QED) is 0.738. The first-order valence-corrected chi connectivity index (χ1v) is 5.42. The Balaban J connectivity index is 2.23. The van der Waals surface area contributed by atoms with Gasteiger partial charge in [-0.25, -0.2) is 9.37 Å². The van der Waals surface area contributed by atoms with Crippen LogP contribution in [0.5, 0.6) is 0 Å². The van der Waals surface area contributed by atoms with Crippen molar-refractivity contribution in [1.29, 1.82) is 0 Å². The van der Waals surface area contributed by atoms with E-state index < -0.39 is 0 Å². The Morgan fingerprint density at radius 3 is 3.00 bits per heavy atom. The Hall–Kier alpha value is -1.62. The number of nitrogens with one attached hydrogen (secondary N) is 1. The normalized spacial score (nSPS) is 11.1. The Kier molecular flexibility index (Phi) is 2.07. The first-order valence-electron chi connectivity index (χ1n) is 4.63. The summed E-state index contributed by atoms with van der Waals surface area (Å²) < 4.78 is 18.9. The van der Waals surface area contributed by atoms with E-state index in [0.29, 0.717) is 27.1 Å². The Labute approximate surface area is 98.4 Å². The minimum absolute atomic E-state index is 0.317. The van der Waals surface area contributed by atoms with E-state index >= 15 is 0 Å². The monoisotopic (exact) mass is 280 g/mol. The molecule has 2 heterocycles. The third-order valence-corrected chi connectivity index (χ3v) is 2.89. The summed E-state index contributed by atoms with van der Waals surface area (Å²) >= 11 is 3.12. The minimum atomic E-state index is -0.317. The molecule has 0 fully saturated rings. The fourth-order valence-corrected chi connectivity index (χ4v) is 1.87. The van der Waals surface area contributed by atoms with Crippen LogP contribution in [0.2, 0.25) is 0 Å². The fourth-order valence-electron chi connectivity index (χ4n) is 1.53. The highest BCUT2D eigenvalue weighted by atomic mass is 79.9. The third-order valence-electron chi connectivity index (χ3n) is 2.28. The van der Waals surface area contributed by atoms with Crippen molar-refractivity contribution in [1.82, 2.24) is 9.97 Å². The highest BCUT2D eigenvalue weighted by molar-refractivity contribution is 9.10. The van der Waals surface area contributed by atoms with Crippen LogP contribution in [-0.4, -0.2) is 9.97 Å². The average Bonchev–Trinajstić information content (AvgIpc) is 2.86. The number of rotatable bonds is 1. The number of hydrogen-bond donors (Lipinski definition) is 1. The summed E-state index contributed by atoms with van der Waals surface area (Å²) in [6.07, 6.45) is 1.57. The summed E-state index contributed by atoms with van der Waals surface area (Å²) in [7, 11) is 0. The fraction of sp³-hybridized carbons (Fsp3) is 0. The first-order chi connectivity index (χ1) is 7.74. The molecule has 80 valence electrons. The van der Waals surface area contributed by atoms with Crippen molar-refractivity contribution in [3.8, 4) is 11.6 Å². The van der Waals surface area contributed by atoms with Crippen molar-refractivity contribution >= 4 is 27.0 Å². The highest BCUT2D eigenvalue weighted by Crippen LogP contribution is 2.25. The van der Waals surface area contributed by atoms with Crippen LogP contribution >= 0.6 is 15.9 Å². The highest BCUT2D eigenvalue weighted by Gasteiger charge is 2.09. The molecule has 0 bridgehead atoms. The van der Waals surface area contributed by atoms with Gasteiger partial charge in [0.2, 0.25) is 0 Å². The lowest BCUT2D eigenvalue weighted by molar-refractivity contribution is 0.578. The number of fused-ring (bicyclic) bond motifs is 1. The number of halogens is 2. The predicted octanol–water partition coefficient (Wildman–Crippen LogP) is 3.72. The number of aromatic nitrogens is 2.